The van der Waals surface area contributed by atoms with Crippen LogP contribution in [-0.4, -0.2) is 40.0 Å². The lowest BCUT2D eigenvalue weighted by Crippen LogP contribution is -2.52. The predicted octanol–water partition coefficient (Wildman–Crippen LogP) is 2.56. The summed E-state index contributed by atoms with van der Waals surface area (Å²) in [6.07, 6.45) is 8.15. The fourth-order valence-corrected chi connectivity index (χ4v) is 3.51. The Bertz CT molecular complexity index is 411. The van der Waals surface area contributed by atoms with Gasteiger partial charge in [0.2, 0.25) is 5.28 Å². The number of piperidine rings is 2. The van der Waals surface area contributed by atoms with Gasteiger partial charge in [-0.15, -0.1) is 0 Å². The second kappa shape index (κ2) is 5.02. The molecular formula is C13H19ClN4. The molecule has 0 radical (unpaired) electrons. The van der Waals surface area contributed by atoms with Crippen LogP contribution in [0.5, 0.6) is 0 Å². The van der Waals surface area contributed by atoms with Gasteiger partial charge in [0.25, 0.3) is 0 Å². The van der Waals surface area contributed by atoms with E-state index in [-0.39, 0.29) is 0 Å². The fraction of sp³-hybridized carbons (Fsp3) is 0.692. The summed E-state index contributed by atoms with van der Waals surface area (Å²) >= 11 is 5.81. The van der Waals surface area contributed by atoms with Gasteiger partial charge in [-0.1, -0.05) is 6.42 Å². The smallest absolute Gasteiger partial charge is 0.224 e. The average molecular weight is 267 g/mol. The van der Waals surface area contributed by atoms with Crippen molar-refractivity contribution >= 4 is 17.4 Å². The predicted molar refractivity (Wildman–Crippen MR) is 72.9 cm³/mol. The maximum atomic E-state index is 5.81. The van der Waals surface area contributed by atoms with Crippen LogP contribution in [0.4, 0.5) is 5.82 Å². The first kappa shape index (κ1) is 12.2. The summed E-state index contributed by atoms with van der Waals surface area (Å²) in [7, 11) is 2.27. The van der Waals surface area contributed by atoms with E-state index in [0.29, 0.717) is 11.3 Å². The molecule has 2 unspecified atom stereocenters. The van der Waals surface area contributed by atoms with Gasteiger partial charge >= 0.3 is 0 Å². The highest BCUT2D eigenvalue weighted by Gasteiger charge is 2.35. The van der Waals surface area contributed by atoms with Gasteiger partial charge in [0.1, 0.15) is 5.82 Å². The lowest BCUT2D eigenvalue weighted by atomic mass is 9.82. The first-order valence-corrected chi connectivity index (χ1v) is 7.07. The van der Waals surface area contributed by atoms with Crippen LogP contribution in [-0.2, 0) is 0 Å². The minimum absolute atomic E-state index is 0.313. The lowest BCUT2D eigenvalue weighted by Gasteiger charge is -2.47. The number of aromatic nitrogens is 2. The normalized spacial score (nSPS) is 32.2. The highest BCUT2D eigenvalue weighted by molar-refractivity contribution is 6.28. The second-order valence-corrected chi connectivity index (χ2v) is 5.77. The molecule has 3 heterocycles. The Morgan fingerprint density at radius 2 is 2.06 bits per heavy atom. The fourth-order valence-electron chi connectivity index (χ4n) is 3.36. The van der Waals surface area contributed by atoms with Crippen molar-refractivity contribution in [1.29, 1.82) is 0 Å². The quantitative estimate of drug-likeness (QED) is 0.836. The summed E-state index contributed by atoms with van der Waals surface area (Å²) in [6, 6.07) is 3.86. The van der Waals surface area contributed by atoms with E-state index in [1.807, 2.05) is 6.07 Å². The first-order valence-electron chi connectivity index (χ1n) is 6.69. The van der Waals surface area contributed by atoms with Crippen LogP contribution in [0.1, 0.15) is 32.1 Å². The van der Waals surface area contributed by atoms with Crippen LogP contribution < -0.4 is 5.32 Å². The molecule has 1 aromatic heterocycles. The number of rotatable bonds is 2. The van der Waals surface area contributed by atoms with E-state index in [1.165, 1.54) is 32.1 Å². The number of hydrogen-bond acceptors (Lipinski definition) is 4. The van der Waals surface area contributed by atoms with Crippen LogP contribution in [0.15, 0.2) is 12.3 Å². The van der Waals surface area contributed by atoms with Gasteiger partial charge in [-0.2, -0.15) is 0 Å². The van der Waals surface area contributed by atoms with Crippen LogP contribution in [0, 0.1) is 0 Å². The molecule has 0 saturated carbocycles. The minimum Gasteiger partial charge on any atom is -0.367 e. The molecule has 1 aromatic rings. The van der Waals surface area contributed by atoms with Crippen molar-refractivity contribution in [2.75, 3.05) is 12.4 Å². The van der Waals surface area contributed by atoms with Crippen molar-refractivity contribution in [1.82, 2.24) is 14.9 Å². The molecule has 4 nitrogen and oxygen atoms in total. The Labute approximate surface area is 113 Å². The number of fused-ring (bicyclic) bond motifs is 2. The van der Waals surface area contributed by atoms with Crippen molar-refractivity contribution in [2.24, 2.45) is 0 Å². The molecule has 0 aromatic carbocycles. The largest absolute Gasteiger partial charge is 0.367 e. The Hall–Kier alpha value is -0.870. The van der Waals surface area contributed by atoms with E-state index in [1.54, 1.807) is 6.20 Å². The van der Waals surface area contributed by atoms with Gasteiger partial charge in [-0.25, -0.2) is 9.97 Å². The highest BCUT2D eigenvalue weighted by Crippen LogP contribution is 2.33. The Morgan fingerprint density at radius 3 is 2.72 bits per heavy atom. The van der Waals surface area contributed by atoms with Gasteiger partial charge in [-0.3, -0.25) is 0 Å². The van der Waals surface area contributed by atoms with E-state index in [2.05, 4.69) is 27.2 Å². The van der Waals surface area contributed by atoms with Crippen molar-refractivity contribution in [3.63, 3.8) is 0 Å². The number of hydrogen-bond donors (Lipinski definition) is 1. The molecular weight excluding hydrogens is 248 g/mol. The standard InChI is InChI=1S/C13H19ClN4/c1-18-10-3-2-4-11(18)8-9(7-10)16-12-5-6-15-13(14)17-12/h5-6,9-11H,2-4,7-8H2,1H3,(H,15,16,17). The van der Waals surface area contributed by atoms with Gasteiger partial charge in [0.15, 0.2) is 0 Å². The third-order valence-corrected chi connectivity index (χ3v) is 4.50. The number of nitrogens with zero attached hydrogens (tertiary/aromatic N) is 3. The Balaban J connectivity index is 1.68. The summed E-state index contributed by atoms with van der Waals surface area (Å²) in [5.41, 5.74) is 0. The molecule has 2 aliphatic rings. The molecule has 98 valence electrons. The van der Waals surface area contributed by atoms with Gasteiger partial charge in [0, 0.05) is 24.3 Å². The number of nitrogens with one attached hydrogen (secondary N) is 1. The molecule has 2 aliphatic heterocycles. The number of anilines is 1. The Morgan fingerprint density at radius 1 is 1.33 bits per heavy atom. The molecule has 2 fully saturated rings. The molecule has 0 amide bonds. The van der Waals surface area contributed by atoms with Gasteiger partial charge < -0.3 is 10.2 Å². The molecule has 0 spiro atoms. The van der Waals surface area contributed by atoms with Crippen molar-refractivity contribution in [2.45, 2.75) is 50.2 Å². The minimum atomic E-state index is 0.313. The van der Waals surface area contributed by atoms with E-state index in [0.717, 1.165) is 17.9 Å². The maximum Gasteiger partial charge on any atom is 0.224 e. The third kappa shape index (κ3) is 2.45. The van der Waals surface area contributed by atoms with E-state index in [4.69, 9.17) is 11.6 Å². The van der Waals surface area contributed by atoms with E-state index in [9.17, 15) is 0 Å². The van der Waals surface area contributed by atoms with Gasteiger partial charge in [-0.05, 0) is 50.4 Å². The summed E-state index contributed by atoms with van der Waals surface area (Å²) < 4.78 is 0. The average Bonchev–Trinajstić information content (AvgIpc) is 2.30. The SMILES string of the molecule is CN1C2CCCC1CC(Nc1ccnc(Cl)n1)C2. The third-order valence-electron chi connectivity index (χ3n) is 4.32. The van der Waals surface area contributed by atoms with Crippen molar-refractivity contribution in [3.8, 4) is 0 Å². The molecule has 0 aliphatic carbocycles. The highest BCUT2D eigenvalue weighted by atomic mass is 35.5. The zero-order valence-corrected chi connectivity index (χ0v) is 11.4. The van der Waals surface area contributed by atoms with Crippen LogP contribution in [0.3, 0.4) is 0 Å². The zero-order chi connectivity index (χ0) is 12.5. The summed E-state index contributed by atoms with van der Waals surface area (Å²) in [5, 5.41) is 3.82. The van der Waals surface area contributed by atoms with Crippen LogP contribution >= 0.6 is 11.6 Å². The summed E-state index contributed by atoms with van der Waals surface area (Å²) in [4.78, 5) is 10.7. The molecule has 2 bridgehead atoms. The van der Waals surface area contributed by atoms with Gasteiger partial charge in [0.05, 0.1) is 0 Å². The lowest BCUT2D eigenvalue weighted by molar-refractivity contribution is 0.0608. The molecule has 3 rings (SSSR count). The van der Waals surface area contributed by atoms with Crippen molar-refractivity contribution in [3.05, 3.63) is 17.5 Å². The maximum absolute atomic E-state index is 5.81. The first-order chi connectivity index (χ1) is 8.72. The molecule has 5 heteroatoms. The molecule has 1 N–H and O–H groups in total. The molecule has 2 saturated heterocycles. The zero-order valence-electron chi connectivity index (χ0n) is 10.6. The monoisotopic (exact) mass is 266 g/mol. The van der Waals surface area contributed by atoms with Crippen LogP contribution in [0.25, 0.3) is 0 Å². The molecule has 2 atom stereocenters. The van der Waals surface area contributed by atoms with E-state index >= 15 is 0 Å². The summed E-state index contributed by atoms with van der Waals surface area (Å²) in [5.74, 6) is 0.850. The van der Waals surface area contributed by atoms with Crippen molar-refractivity contribution < 1.29 is 0 Å². The van der Waals surface area contributed by atoms with Crippen LogP contribution in [0.2, 0.25) is 5.28 Å². The Kier molecular flexibility index (Phi) is 3.39. The summed E-state index contributed by atoms with van der Waals surface area (Å²) in [6.45, 7) is 0. The topological polar surface area (TPSA) is 41.0 Å². The molecule has 18 heavy (non-hydrogen) atoms. The second-order valence-electron chi connectivity index (χ2n) is 5.43. The number of halogens is 1. The van der Waals surface area contributed by atoms with E-state index < -0.39 is 0 Å².